The Labute approximate surface area is 93.9 Å². The average Bonchev–Trinajstić information content (AvgIpc) is 2.65. The van der Waals surface area contributed by atoms with Crippen molar-refractivity contribution in [2.24, 2.45) is 0 Å². The Morgan fingerprint density at radius 3 is 2.75 bits per heavy atom. The van der Waals surface area contributed by atoms with E-state index in [4.69, 9.17) is 4.52 Å². The second-order valence-electron chi connectivity index (χ2n) is 3.89. The number of anilines is 1. The van der Waals surface area contributed by atoms with Crippen molar-refractivity contribution < 1.29 is 4.52 Å². The molecule has 2 rings (SSSR count). The lowest BCUT2D eigenvalue weighted by Crippen LogP contribution is -2.09. The van der Waals surface area contributed by atoms with Gasteiger partial charge in [-0.3, -0.25) is 0 Å². The number of aryl methyl sites for hydroxylation is 1. The molecule has 2 heterocycles. The van der Waals surface area contributed by atoms with Gasteiger partial charge in [0.25, 0.3) is 0 Å². The minimum Gasteiger partial charge on any atom is -0.336 e. The number of aromatic nitrogens is 3. The van der Waals surface area contributed by atoms with Gasteiger partial charge in [-0.15, -0.1) is 0 Å². The van der Waals surface area contributed by atoms with E-state index in [1.54, 1.807) is 0 Å². The molecule has 0 aliphatic heterocycles. The third kappa shape index (κ3) is 2.36. The Morgan fingerprint density at radius 1 is 1.25 bits per heavy atom. The van der Waals surface area contributed by atoms with E-state index < -0.39 is 0 Å². The molecule has 1 N–H and O–H groups in total. The molecule has 0 amide bonds. The van der Waals surface area contributed by atoms with E-state index in [9.17, 15) is 0 Å². The van der Waals surface area contributed by atoms with E-state index in [0.717, 1.165) is 11.4 Å². The van der Waals surface area contributed by atoms with Gasteiger partial charge in [0.05, 0.1) is 0 Å². The Kier molecular flexibility index (Phi) is 2.85. The molecule has 0 atom stereocenters. The van der Waals surface area contributed by atoms with Crippen LogP contribution in [0.3, 0.4) is 0 Å². The summed E-state index contributed by atoms with van der Waals surface area (Å²) in [5, 5.41) is 6.91. The topological polar surface area (TPSA) is 63.8 Å². The monoisotopic (exact) mass is 218 g/mol. The summed E-state index contributed by atoms with van der Waals surface area (Å²) in [5.41, 5.74) is 1.65. The fourth-order valence-electron chi connectivity index (χ4n) is 1.30. The van der Waals surface area contributed by atoms with Crippen molar-refractivity contribution in [1.82, 2.24) is 15.1 Å². The molecule has 0 unspecified atom stereocenters. The fourth-order valence-corrected chi connectivity index (χ4v) is 1.30. The molecule has 2 aromatic heterocycles. The number of hydrogen-bond donors (Lipinski definition) is 1. The Hall–Kier alpha value is -1.91. The lowest BCUT2D eigenvalue weighted by molar-refractivity contribution is 0.429. The number of pyridine rings is 1. The highest BCUT2D eigenvalue weighted by Crippen LogP contribution is 2.15. The number of hydrogen-bond acceptors (Lipinski definition) is 5. The van der Waals surface area contributed by atoms with Crippen molar-refractivity contribution in [2.75, 3.05) is 5.32 Å². The first-order chi connectivity index (χ1) is 7.65. The van der Waals surface area contributed by atoms with Crippen molar-refractivity contribution >= 4 is 6.01 Å². The maximum Gasteiger partial charge on any atom is 0.322 e. The van der Waals surface area contributed by atoms with Gasteiger partial charge in [-0.05, 0) is 32.9 Å². The van der Waals surface area contributed by atoms with Crippen LogP contribution in [0.5, 0.6) is 0 Å². The first-order valence-electron chi connectivity index (χ1n) is 5.19. The van der Waals surface area contributed by atoms with Crippen LogP contribution < -0.4 is 5.32 Å². The SMILES string of the molecule is Cc1cccc(-c2noc(NC(C)C)n2)n1. The highest BCUT2D eigenvalue weighted by Gasteiger charge is 2.09. The van der Waals surface area contributed by atoms with Gasteiger partial charge in [0, 0.05) is 11.7 Å². The average molecular weight is 218 g/mol. The lowest BCUT2D eigenvalue weighted by Gasteiger charge is -2.01. The molecule has 84 valence electrons. The number of nitrogens with zero attached hydrogens (tertiary/aromatic N) is 3. The zero-order valence-electron chi connectivity index (χ0n) is 9.56. The van der Waals surface area contributed by atoms with Crippen LogP contribution in [0.15, 0.2) is 22.7 Å². The molecule has 0 bridgehead atoms. The summed E-state index contributed by atoms with van der Waals surface area (Å²) in [6, 6.07) is 6.39. The molecule has 0 saturated heterocycles. The molecule has 0 fully saturated rings. The van der Waals surface area contributed by atoms with E-state index in [-0.39, 0.29) is 6.04 Å². The molecule has 0 aromatic carbocycles. The fraction of sp³-hybridized carbons (Fsp3) is 0.364. The lowest BCUT2D eigenvalue weighted by atomic mass is 10.3. The van der Waals surface area contributed by atoms with Crippen molar-refractivity contribution in [1.29, 1.82) is 0 Å². The van der Waals surface area contributed by atoms with Gasteiger partial charge in [0.2, 0.25) is 5.82 Å². The van der Waals surface area contributed by atoms with Gasteiger partial charge in [-0.25, -0.2) is 4.98 Å². The third-order valence-electron chi connectivity index (χ3n) is 1.96. The van der Waals surface area contributed by atoms with Crippen LogP contribution in [0.1, 0.15) is 19.5 Å². The summed E-state index contributed by atoms with van der Waals surface area (Å²) in [7, 11) is 0. The Morgan fingerprint density at radius 2 is 2.06 bits per heavy atom. The predicted octanol–water partition coefficient (Wildman–Crippen LogP) is 2.26. The first kappa shape index (κ1) is 10.6. The molecular weight excluding hydrogens is 204 g/mol. The van der Waals surface area contributed by atoms with Crippen LogP contribution >= 0.6 is 0 Å². The second-order valence-corrected chi connectivity index (χ2v) is 3.89. The Balaban J connectivity index is 2.24. The summed E-state index contributed by atoms with van der Waals surface area (Å²) in [4.78, 5) is 8.53. The molecular formula is C11H14N4O. The largest absolute Gasteiger partial charge is 0.336 e. The van der Waals surface area contributed by atoms with Crippen LogP contribution in [0.4, 0.5) is 6.01 Å². The van der Waals surface area contributed by atoms with Gasteiger partial charge < -0.3 is 9.84 Å². The van der Waals surface area contributed by atoms with Crippen molar-refractivity contribution in [2.45, 2.75) is 26.8 Å². The molecule has 5 nitrogen and oxygen atoms in total. The quantitative estimate of drug-likeness (QED) is 0.856. The van der Waals surface area contributed by atoms with Gasteiger partial charge in [-0.1, -0.05) is 11.2 Å². The molecule has 0 aliphatic rings. The molecule has 5 heteroatoms. The standard InChI is InChI=1S/C11H14N4O/c1-7(2)12-11-14-10(15-16-11)9-6-4-5-8(3)13-9/h4-7H,1-3H3,(H,12,14,15). The minimum atomic E-state index is 0.263. The maximum absolute atomic E-state index is 5.06. The van der Waals surface area contributed by atoms with Crippen LogP contribution in [0.25, 0.3) is 11.5 Å². The highest BCUT2D eigenvalue weighted by atomic mass is 16.5. The first-order valence-corrected chi connectivity index (χ1v) is 5.19. The van der Waals surface area contributed by atoms with Crippen LogP contribution in [0, 0.1) is 6.92 Å². The Bertz CT molecular complexity index is 478. The van der Waals surface area contributed by atoms with Gasteiger partial charge in [-0.2, -0.15) is 4.98 Å². The zero-order valence-corrected chi connectivity index (χ0v) is 9.56. The van der Waals surface area contributed by atoms with Crippen LogP contribution in [0.2, 0.25) is 0 Å². The number of nitrogens with one attached hydrogen (secondary N) is 1. The highest BCUT2D eigenvalue weighted by molar-refractivity contribution is 5.49. The van der Waals surface area contributed by atoms with E-state index in [2.05, 4.69) is 20.4 Å². The minimum absolute atomic E-state index is 0.263. The van der Waals surface area contributed by atoms with Gasteiger partial charge in [0.1, 0.15) is 5.69 Å². The third-order valence-corrected chi connectivity index (χ3v) is 1.96. The molecule has 0 saturated carbocycles. The summed E-state index contributed by atoms with van der Waals surface area (Å²) < 4.78 is 5.06. The van der Waals surface area contributed by atoms with E-state index in [1.807, 2.05) is 39.0 Å². The smallest absolute Gasteiger partial charge is 0.322 e. The summed E-state index contributed by atoms with van der Waals surface area (Å²) in [6.07, 6.45) is 0. The molecule has 0 radical (unpaired) electrons. The number of rotatable bonds is 3. The summed E-state index contributed by atoms with van der Waals surface area (Å²) in [6.45, 7) is 5.94. The molecule has 0 aliphatic carbocycles. The van der Waals surface area contributed by atoms with E-state index in [0.29, 0.717) is 11.8 Å². The van der Waals surface area contributed by atoms with Crippen LogP contribution in [-0.2, 0) is 0 Å². The molecule has 0 spiro atoms. The molecule has 2 aromatic rings. The van der Waals surface area contributed by atoms with Crippen molar-refractivity contribution in [3.05, 3.63) is 23.9 Å². The van der Waals surface area contributed by atoms with Crippen LogP contribution in [-0.4, -0.2) is 21.2 Å². The zero-order chi connectivity index (χ0) is 11.5. The van der Waals surface area contributed by atoms with E-state index >= 15 is 0 Å². The van der Waals surface area contributed by atoms with Crippen molar-refractivity contribution in [3.63, 3.8) is 0 Å². The maximum atomic E-state index is 5.06. The normalized spacial score (nSPS) is 10.8. The van der Waals surface area contributed by atoms with Gasteiger partial charge in [0.15, 0.2) is 0 Å². The summed E-state index contributed by atoms with van der Waals surface area (Å²) >= 11 is 0. The summed E-state index contributed by atoms with van der Waals surface area (Å²) in [5.74, 6) is 0.506. The second kappa shape index (κ2) is 4.30. The predicted molar refractivity (Wildman–Crippen MR) is 61.0 cm³/mol. The van der Waals surface area contributed by atoms with E-state index in [1.165, 1.54) is 0 Å². The van der Waals surface area contributed by atoms with Crippen molar-refractivity contribution in [3.8, 4) is 11.5 Å². The van der Waals surface area contributed by atoms with Gasteiger partial charge >= 0.3 is 6.01 Å². The molecule has 16 heavy (non-hydrogen) atoms.